The topological polar surface area (TPSA) is 76.8 Å². The Morgan fingerprint density at radius 1 is 1.36 bits per heavy atom. The predicted molar refractivity (Wildman–Crippen MR) is 90.9 cm³/mol. The maximum Gasteiger partial charge on any atom is 0.322 e. The van der Waals surface area contributed by atoms with E-state index < -0.39 is 0 Å². The van der Waals surface area contributed by atoms with Gasteiger partial charge in [-0.05, 0) is 31.9 Å². The van der Waals surface area contributed by atoms with Crippen molar-refractivity contribution in [2.75, 3.05) is 18.7 Å². The van der Waals surface area contributed by atoms with Gasteiger partial charge in [0.1, 0.15) is 5.76 Å². The summed E-state index contributed by atoms with van der Waals surface area (Å²) in [4.78, 5) is 14.7. The summed E-state index contributed by atoms with van der Waals surface area (Å²) < 4.78 is 16.1. The van der Waals surface area contributed by atoms with E-state index in [4.69, 9.17) is 14.0 Å². The van der Waals surface area contributed by atoms with Gasteiger partial charge in [0.25, 0.3) is 0 Å². The summed E-state index contributed by atoms with van der Waals surface area (Å²) in [6.07, 6.45) is 2.65. The molecular formula is C18H21N3O4. The molecule has 0 aliphatic carbocycles. The van der Waals surface area contributed by atoms with Gasteiger partial charge >= 0.3 is 6.03 Å². The molecule has 25 heavy (non-hydrogen) atoms. The molecule has 7 nitrogen and oxygen atoms in total. The van der Waals surface area contributed by atoms with Gasteiger partial charge in [0.15, 0.2) is 11.5 Å². The van der Waals surface area contributed by atoms with Crippen LogP contribution in [0.4, 0.5) is 10.5 Å². The first-order valence-corrected chi connectivity index (χ1v) is 8.59. The molecule has 1 atom stereocenters. The molecule has 4 rings (SSSR count). The van der Waals surface area contributed by atoms with Crippen LogP contribution in [0.15, 0.2) is 22.7 Å². The van der Waals surface area contributed by atoms with Gasteiger partial charge in [-0.3, -0.25) is 0 Å². The summed E-state index contributed by atoms with van der Waals surface area (Å²) in [5, 5.41) is 7.05. The summed E-state index contributed by atoms with van der Waals surface area (Å²) in [5.41, 5.74) is 2.61. The van der Waals surface area contributed by atoms with E-state index in [9.17, 15) is 4.79 Å². The number of hydrogen-bond donors (Lipinski definition) is 1. The number of ether oxygens (including phenoxy) is 2. The third-order valence-corrected chi connectivity index (χ3v) is 4.77. The fraction of sp³-hybridized carbons (Fsp3) is 0.444. The molecule has 1 aromatic carbocycles. The molecule has 7 heteroatoms. The van der Waals surface area contributed by atoms with Crippen molar-refractivity contribution in [2.45, 2.75) is 39.2 Å². The molecule has 2 amide bonds. The van der Waals surface area contributed by atoms with Gasteiger partial charge < -0.3 is 24.2 Å². The number of carbonyl (C=O) groups is 1. The average molecular weight is 343 g/mol. The number of amides is 2. The van der Waals surface area contributed by atoms with Gasteiger partial charge in [0, 0.05) is 30.3 Å². The third kappa shape index (κ3) is 2.79. The number of fused-ring (bicyclic) bond motifs is 1. The Hall–Kier alpha value is -2.70. The zero-order chi connectivity index (χ0) is 17.4. The summed E-state index contributed by atoms with van der Waals surface area (Å²) in [6, 6.07) is 5.30. The highest BCUT2D eigenvalue weighted by Crippen LogP contribution is 2.37. The maximum atomic E-state index is 12.8. The van der Waals surface area contributed by atoms with Gasteiger partial charge in [0.05, 0.1) is 11.7 Å². The first-order chi connectivity index (χ1) is 12.2. The highest BCUT2D eigenvalue weighted by Gasteiger charge is 2.34. The van der Waals surface area contributed by atoms with Crippen molar-refractivity contribution in [1.82, 2.24) is 10.1 Å². The molecular weight excluding hydrogens is 322 g/mol. The smallest absolute Gasteiger partial charge is 0.322 e. The Kier molecular flexibility index (Phi) is 3.99. The van der Waals surface area contributed by atoms with Gasteiger partial charge in [0.2, 0.25) is 6.79 Å². The second-order valence-electron chi connectivity index (χ2n) is 6.31. The first-order valence-electron chi connectivity index (χ1n) is 8.59. The molecule has 2 aliphatic heterocycles. The molecule has 132 valence electrons. The molecule has 1 N–H and O–H groups in total. The van der Waals surface area contributed by atoms with Crippen LogP contribution in [-0.2, 0) is 6.42 Å². The second kappa shape index (κ2) is 6.31. The number of rotatable bonds is 3. The lowest BCUT2D eigenvalue weighted by Gasteiger charge is -2.25. The van der Waals surface area contributed by atoms with Crippen LogP contribution >= 0.6 is 0 Å². The normalized spacial score (nSPS) is 18.6. The lowest BCUT2D eigenvalue weighted by Crippen LogP contribution is -2.34. The maximum absolute atomic E-state index is 12.8. The van der Waals surface area contributed by atoms with E-state index in [1.807, 2.05) is 24.8 Å². The molecule has 0 spiro atoms. The molecule has 0 bridgehead atoms. The molecule has 0 radical (unpaired) electrons. The predicted octanol–water partition coefficient (Wildman–Crippen LogP) is 3.64. The van der Waals surface area contributed by atoms with Crippen molar-refractivity contribution >= 4 is 11.7 Å². The van der Waals surface area contributed by atoms with Crippen LogP contribution < -0.4 is 14.8 Å². The minimum absolute atomic E-state index is 0.00945. The molecule has 2 aliphatic rings. The Bertz CT molecular complexity index is 802. The minimum atomic E-state index is -0.121. The van der Waals surface area contributed by atoms with Crippen LogP contribution in [0.3, 0.4) is 0 Å². The number of hydrogen-bond acceptors (Lipinski definition) is 5. The summed E-state index contributed by atoms with van der Waals surface area (Å²) >= 11 is 0. The van der Waals surface area contributed by atoms with Crippen LogP contribution in [0.1, 0.15) is 42.8 Å². The lowest BCUT2D eigenvalue weighted by atomic mass is 10.0. The van der Waals surface area contributed by atoms with Gasteiger partial charge in [-0.1, -0.05) is 12.1 Å². The summed E-state index contributed by atoms with van der Waals surface area (Å²) in [7, 11) is 0. The monoisotopic (exact) mass is 343 g/mol. The van der Waals surface area contributed by atoms with Crippen LogP contribution in [0.25, 0.3) is 0 Å². The number of nitrogens with zero attached hydrogens (tertiary/aromatic N) is 2. The van der Waals surface area contributed by atoms with Crippen LogP contribution in [0.2, 0.25) is 0 Å². The second-order valence-corrected chi connectivity index (χ2v) is 6.31. The minimum Gasteiger partial charge on any atom is -0.454 e. The Morgan fingerprint density at radius 2 is 2.20 bits per heavy atom. The average Bonchev–Trinajstić information content (AvgIpc) is 3.32. The Balaban J connectivity index is 1.54. The number of benzene rings is 1. The van der Waals surface area contributed by atoms with E-state index in [1.54, 1.807) is 12.1 Å². The Morgan fingerprint density at radius 3 is 3.04 bits per heavy atom. The molecule has 2 aromatic rings. The fourth-order valence-corrected chi connectivity index (χ4v) is 3.59. The zero-order valence-electron chi connectivity index (χ0n) is 14.4. The van der Waals surface area contributed by atoms with Gasteiger partial charge in [-0.25, -0.2) is 4.79 Å². The SMILES string of the molecule is CCc1onc(C)c1[C@@H]1CCCN1C(=O)Nc1ccc2c(c1)OCO2. The summed E-state index contributed by atoms with van der Waals surface area (Å²) in [5.74, 6) is 2.22. The molecule has 1 saturated heterocycles. The molecule has 0 unspecified atom stereocenters. The van der Waals surface area contributed by atoms with E-state index in [2.05, 4.69) is 10.5 Å². The number of likely N-dealkylation sites (tertiary alicyclic amines) is 1. The third-order valence-electron chi connectivity index (χ3n) is 4.77. The van der Waals surface area contributed by atoms with Crippen molar-refractivity contribution in [1.29, 1.82) is 0 Å². The van der Waals surface area contributed by atoms with E-state index in [0.29, 0.717) is 17.2 Å². The fourth-order valence-electron chi connectivity index (χ4n) is 3.59. The Labute approximate surface area is 145 Å². The van der Waals surface area contributed by atoms with Crippen molar-refractivity contribution in [3.05, 3.63) is 35.2 Å². The van der Waals surface area contributed by atoms with Crippen molar-refractivity contribution in [2.24, 2.45) is 0 Å². The number of urea groups is 1. The van der Waals surface area contributed by atoms with E-state index in [0.717, 1.165) is 42.8 Å². The first kappa shape index (κ1) is 15.8. The highest BCUT2D eigenvalue weighted by molar-refractivity contribution is 5.90. The number of carbonyl (C=O) groups excluding carboxylic acids is 1. The number of nitrogens with one attached hydrogen (secondary N) is 1. The van der Waals surface area contributed by atoms with Crippen molar-refractivity contribution < 1.29 is 18.8 Å². The lowest BCUT2D eigenvalue weighted by molar-refractivity contribution is 0.174. The van der Waals surface area contributed by atoms with E-state index >= 15 is 0 Å². The number of aryl methyl sites for hydroxylation is 2. The molecule has 3 heterocycles. The number of anilines is 1. The van der Waals surface area contributed by atoms with Crippen LogP contribution in [0.5, 0.6) is 11.5 Å². The van der Waals surface area contributed by atoms with Crippen molar-refractivity contribution in [3.8, 4) is 11.5 Å². The van der Waals surface area contributed by atoms with E-state index in [-0.39, 0.29) is 18.9 Å². The molecule has 1 aromatic heterocycles. The summed E-state index contributed by atoms with van der Waals surface area (Å²) in [6.45, 7) is 4.90. The van der Waals surface area contributed by atoms with Crippen LogP contribution in [-0.4, -0.2) is 29.4 Å². The quantitative estimate of drug-likeness (QED) is 0.920. The van der Waals surface area contributed by atoms with Crippen LogP contribution in [0, 0.1) is 6.92 Å². The van der Waals surface area contributed by atoms with E-state index in [1.165, 1.54) is 0 Å². The zero-order valence-corrected chi connectivity index (χ0v) is 14.4. The molecule has 0 saturated carbocycles. The number of aromatic nitrogens is 1. The molecule has 1 fully saturated rings. The van der Waals surface area contributed by atoms with Crippen molar-refractivity contribution in [3.63, 3.8) is 0 Å². The highest BCUT2D eigenvalue weighted by atomic mass is 16.7. The largest absolute Gasteiger partial charge is 0.454 e. The van der Waals surface area contributed by atoms with Gasteiger partial charge in [-0.15, -0.1) is 0 Å². The van der Waals surface area contributed by atoms with Gasteiger partial charge in [-0.2, -0.15) is 0 Å². The standard InChI is InChI=1S/C18H21N3O4/c1-3-14-17(11(2)20-25-14)13-5-4-8-21(13)18(22)19-12-6-7-15-16(9-12)24-10-23-15/h6-7,9,13H,3-5,8,10H2,1-2H3,(H,19,22)/t13-/m0/s1.